The van der Waals surface area contributed by atoms with Crippen molar-refractivity contribution in [1.29, 1.82) is 0 Å². The molecule has 0 aromatic heterocycles. The summed E-state index contributed by atoms with van der Waals surface area (Å²) in [5, 5.41) is 0. The van der Waals surface area contributed by atoms with Crippen molar-refractivity contribution < 1.29 is 0 Å². The van der Waals surface area contributed by atoms with E-state index in [1.165, 1.54) is 45.1 Å². The number of hydrogen-bond donors (Lipinski definition) is 0. The molecule has 1 aliphatic heterocycles. The van der Waals surface area contributed by atoms with Crippen LogP contribution in [0.1, 0.15) is 38.5 Å². The van der Waals surface area contributed by atoms with Gasteiger partial charge in [0.1, 0.15) is 0 Å². The lowest BCUT2D eigenvalue weighted by molar-refractivity contribution is 0.00810. The van der Waals surface area contributed by atoms with Crippen molar-refractivity contribution in [3.8, 4) is 0 Å². The van der Waals surface area contributed by atoms with E-state index in [0.29, 0.717) is 0 Å². The zero-order valence-electron chi connectivity index (χ0n) is 8.54. The minimum atomic E-state index is 0.915. The minimum absolute atomic E-state index is 0.915. The van der Waals surface area contributed by atoms with Crippen molar-refractivity contribution in [2.75, 3.05) is 13.1 Å². The third-order valence-corrected chi connectivity index (χ3v) is 3.67. The van der Waals surface area contributed by atoms with Gasteiger partial charge < -0.3 is 0 Å². The Hall–Kier alpha value is -0.300. The van der Waals surface area contributed by atoms with Crippen LogP contribution < -0.4 is 0 Å². The molecule has 0 bridgehead atoms. The fraction of sp³-hybridized carbons (Fsp3) is 0.833. The minimum Gasteiger partial charge on any atom is -0.296 e. The summed E-state index contributed by atoms with van der Waals surface area (Å²) in [6, 6.07) is 0.915. The Morgan fingerprint density at radius 3 is 2.69 bits per heavy atom. The van der Waals surface area contributed by atoms with Gasteiger partial charge in [0.25, 0.3) is 0 Å². The Kier molecular flexibility index (Phi) is 3.05. The van der Waals surface area contributed by atoms with Gasteiger partial charge in [0.2, 0.25) is 0 Å². The van der Waals surface area contributed by atoms with Gasteiger partial charge in [-0.05, 0) is 18.8 Å². The van der Waals surface area contributed by atoms with Gasteiger partial charge in [-0.2, -0.15) is 0 Å². The molecule has 0 amide bonds. The summed E-state index contributed by atoms with van der Waals surface area (Å²) in [6.45, 7) is 6.28. The van der Waals surface area contributed by atoms with Crippen LogP contribution in [0.15, 0.2) is 12.7 Å². The quantitative estimate of drug-likeness (QED) is 0.589. The number of hydrogen-bond acceptors (Lipinski definition) is 1. The van der Waals surface area contributed by atoms with Gasteiger partial charge in [0, 0.05) is 19.1 Å². The summed E-state index contributed by atoms with van der Waals surface area (Å²) in [6.07, 6.45) is 10.8. The lowest BCUT2D eigenvalue weighted by atomic mass is 9.79. The van der Waals surface area contributed by atoms with E-state index in [0.717, 1.165) is 18.5 Å². The summed E-state index contributed by atoms with van der Waals surface area (Å²) in [5.41, 5.74) is 0. The van der Waals surface area contributed by atoms with Gasteiger partial charge in [-0.25, -0.2) is 0 Å². The second kappa shape index (κ2) is 4.28. The molecule has 2 unspecified atom stereocenters. The van der Waals surface area contributed by atoms with Crippen molar-refractivity contribution >= 4 is 0 Å². The molecular formula is C12H21N. The first-order valence-electron chi connectivity index (χ1n) is 5.77. The highest BCUT2D eigenvalue weighted by molar-refractivity contribution is 4.94. The van der Waals surface area contributed by atoms with E-state index >= 15 is 0 Å². The van der Waals surface area contributed by atoms with E-state index in [1.807, 2.05) is 0 Å². The Bertz CT molecular complexity index is 176. The summed E-state index contributed by atoms with van der Waals surface area (Å²) in [4.78, 5) is 2.60. The monoisotopic (exact) mass is 179 g/mol. The molecule has 2 fully saturated rings. The Morgan fingerprint density at radius 2 is 1.92 bits per heavy atom. The van der Waals surface area contributed by atoms with Gasteiger partial charge >= 0.3 is 0 Å². The molecule has 1 saturated carbocycles. The molecule has 1 heteroatoms. The number of likely N-dealkylation sites (tertiary alicyclic amines) is 1. The molecule has 2 rings (SSSR count). The molecule has 0 N–H and O–H groups in total. The molecule has 0 radical (unpaired) electrons. The van der Waals surface area contributed by atoms with Crippen molar-refractivity contribution in [1.82, 2.24) is 4.90 Å². The smallest absolute Gasteiger partial charge is 0.0163 e. The van der Waals surface area contributed by atoms with E-state index in [9.17, 15) is 0 Å². The average Bonchev–Trinajstić information content (AvgIpc) is 2.09. The molecule has 0 spiro atoms. The zero-order valence-corrected chi connectivity index (χ0v) is 8.54. The van der Waals surface area contributed by atoms with E-state index < -0.39 is 0 Å². The van der Waals surface area contributed by atoms with Gasteiger partial charge in [-0.1, -0.05) is 31.8 Å². The van der Waals surface area contributed by atoms with Gasteiger partial charge in [0.05, 0.1) is 0 Å². The van der Waals surface area contributed by atoms with Crippen LogP contribution in [-0.4, -0.2) is 24.0 Å². The maximum Gasteiger partial charge on any atom is 0.0163 e. The molecule has 1 heterocycles. The molecule has 1 saturated heterocycles. The first kappa shape index (κ1) is 9.26. The van der Waals surface area contributed by atoms with Crippen LogP contribution >= 0.6 is 0 Å². The second-order valence-corrected chi connectivity index (χ2v) is 4.56. The van der Waals surface area contributed by atoms with Crippen molar-refractivity contribution in [3.05, 3.63) is 12.7 Å². The van der Waals surface area contributed by atoms with Crippen LogP contribution in [0.4, 0.5) is 0 Å². The Labute approximate surface area is 81.8 Å². The van der Waals surface area contributed by atoms with Crippen LogP contribution in [0, 0.1) is 5.92 Å². The number of fused-ring (bicyclic) bond motifs is 1. The highest BCUT2D eigenvalue weighted by Crippen LogP contribution is 2.34. The molecule has 1 aliphatic carbocycles. The molecule has 1 nitrogen and oxygen atoms in total. The van der Waals surface area contributed by atoms with Crippen LogP contribution in [0.3, 0.4) is 0 Å². The fourth-order valence-electron chi connectivity index (χ4n) is 2.91. The normalized spacial score (nSPS) is 35.4. The summed E-state index contributed by atoms with van der Waals surface area (Å²) < 4.78 is 0. The molecule has 13 heavy (non-hydrogen) atoms. The highest BCUT2D eigenvalue weighted by Gasteiger charge is 2.37. The summed E-state index contributed by atoms with van der Waals surface area (Å²) in [7, 11) is 0. The first-order valence-corrected chi connectivity index (χ1v) is 5.77. The predicted octanol–water partition coefficient (Wildman–Crippen LogP) is 2.83. The third kappa shape index (κ3) is 1.96. The van der Waals surface area contributed by atoms with Gasteiger partial charge in [-0.15, -0.1) is 6.58 Å². The molecular weight excluding hydrogens is 158 g/mol. The summed E-state index contributed by atoms with van der Waals surface area (Å²) in [5.74, 6) is 1.03. The maximum absolute atomic E-state index is 3.82. The van der Waals surface area contributed by atoms with Crippen molar-refractivity contribution in [2.24, 2.45) is 5.92 Å². The van der Waals surface area contributed by atoms with Crippen molar-refractivity contribution in [3.63, 3.8) is 0 Å². The first-order chi connectivity index (χ1) is 6.42. The molecule has 0 aromatic carbocycles. The lowest BCUT2D eigenvalue weighted by Crippen LogP contribution is -2.56. The molecule has 2 aliphatic rings. The molecule has 74 valence electrons. The largest absolute Gasteiger partial charge is 0.296 e. The van der Waals surface area contributed by atoms with Crippen LogP contribution in [0.5, 0.6) is 0 Å². The van der Waals surface area contributed by atoms with Gasteiger partial charge in [0.15, 0.2) is 0 Å². The third-order valence-electron chi connectivity index (χ3n) is 3.67. The SMILES string of the molecule is C=CCN1CC2CCCCCCC21. The number of nitrogens with zero attached hydrogens (tertiary/aromatic N) is 1. The van der Waals surface area contributed by atoms with E-state index in [1.54, 1.807) is 0 Å². The molecule has 0 aromatic rings. The summed E-state index contributed by atoms with van der Waals surface area (Å²) >= 11 is 0. The van der Waals surface area contributed by atoms with E-state index in [2.05, 4.69) is 17.6 Å². The van der Waals surface area contributed by atoms with Crippen LogP contribution in [-0.2, 0) is 0 Å². The van der Waals surface area contributed by atoms with Gasteiger partial charge in [-0.3, -0.25) is 4.90 Å². The lowest BCUT2D eigenvalue weighted by Gasteiger charge is -2.49. The van der Waals surface area contributed by atoms with Crippen LogP contribution in [0.2, 0.25) is 0 Å². The van der Waals surface area contributed by atoms with E-state index in [-0.39, 0.29) is 0 Å². The van der Waals surface area contributed by atoms with Crippen LogP contribution in [0.25, 0.3) is 0 Å². The highest BCUT2D eigenvalue weighted by atomic mass is 15.2. The fourth-order valence-corrected chi connectivity index (χ4v) is 2.91. The zero-order chi connectivity index (χ0) is 9.10. The second-order valence-electron chi connectivity index (χ2n) is 4.56. The Morgan fingerprint density at radius 1 is 1.15 bits per heavy atom. The maximum atomic E-state index is 3.82. The predicted molar refractivity (Wildman–Crippen MR) is 56.8 cm³/mol. The van der Waals surface area contributed by atoms with Crippen molar-refractivity contribution in [2.45, 2.75) is 44.6 Å². The average molecular weight is 179 g/mol. The molecule has 2 atom stereocenters. The topological polar surface area (TPSA) is 3.24 Å². The number of rotatable bonds is 2. The van der Waals surface area contributed by atoms with E-state index in [4.69, 9.17) is 0 Å². The standard InChI is InChI=1S/C12H21N/c1-2-9-13-10-11-7-5-3-4-6-8-12(11)13/h2,11-12H,1,3-10H2. The Balaban J connectivity index is 1.85.